The molecule has 1 saturated carbocycles. The maximum absolute atomic E-state index is 13.2. The van der Waals surface area contributed by atoms with Gasteiger partial charge in [-0.2, -0.15) is 0 Å². The summed E-state index contributed by atoms with van der Waals surface area (Å²) in [6, 6.07) is 5.07. The van der Waals surface area contributed by atoms with Crippen molar-refractivity contribution in [3.63, 3.8) is 0 Å². The summed E-state index contributed by atoms with van der Waals surface area (Å²) in [4.78, 5) is 0. The number of hydrogen-bond donors (Lipinski definition) is 1. The minimum absolute atomic E-state index is 0.146. The molecule has 1 unspecified atom stereocenters. The van der Waals surface area contributed by atoms with Crippen molar-refractivity contribution in [1.29, 1.82) is 0 Å². The van der Waals surface area contributed by atoms with Gasteiger partial charge in [0.05, 0.1) is 5.69 Å². The third-order valence-electron chi connectivity index (χ3n) is 3.49. The monoisotopic (exact) mass is 332 g/mol. The van der Waals surface area contributed by atoms with Crippen molar-refractivity contribution >= 4 is 28.3 Å². The average molecular weight is 332 g/mol. The van der Waals surface area contributed by atoms with Crippen LogP contribution in [0, 0.1) is 11.7 Å². The molecule has 86 valence electrons. The Bertz CT molecular complexity index is 406. The molecule has 4 heteroatoms. The molecule has 0 spiro atoms. The molecule has 1 N–H and O–H groups in total. The Balaban J connectivity index is 1.83. The maximum Gasteiger partial charge on any atom is 0.123 e. The molecule has 0 aromatic heterocycles. The first kappa shape index (κ1) is 10.8. The Kier molecular flexibility index (Phi) is 2.79. The number of hydrazine groups is 1. The van der Waals surface area contributed by atoms with E-state index in [1.165, 1.54) is 19.3 Å². The third-order valence-corrected chi connectivity index (χ3v) is 4.44. The zero-order chi connectivity index (χ0) is 11.1. The van der Waals surface area contributed by atoms with Crippen molar-refractivity contribution in [3.8, 4) is 0 Å². The van der Waals surface area contributed by atoms with Crippen LogP contribution in [0.2, 0.25) is 0 Å². The fraction of sp³-hybridized carbons (Fsp3) is 0.500. The van der Waals surface area contributed by atoms with Gasteiger partial charge in [-0.05, 0) is 37.0 Å². The molecule has 3 rings (SSSR count). The lowest BCUT2D eigenvalue weighted by molar-refractivity contribution is 0.311. The quantitative estimate of drug-likeness (QED) is 0.507. The van der Waals surface area contributed by atoms with E-state index in [2.05, 4.69) is 33.0 Å². The molecule has 1 atom stereocenters. The highest BCUT2D eigenvalue weighted by Crippen LogP contribution is 2.38. The van der Waals surface area contributed by atoms with E-state index in [-0.39, 0.29) is 9.87 Å². The van der Waals surface area contributed by atoms with Crippen LogP contribution in [0.25, 0.3) is 0 Å². The molecular formula is C12H14FIN2. The molecule has 0 saturated heterocycles. The first-order valence-electron chi connectivity index (χ1n) is 5.71. The molecule has 1 aliphatic heterocycles. The summed E-state index contributed by atoms with van der Waals surface area (Å²) in [6.45, 7) is 1.05. The molecule has 1 aliphatic carbocycles. The number of anilines is 1. The molecule has 2 aliphatic rings. The van der Waals surface area contributed by atoms with Gasteiger partial charge in [0.2, 0.25) is 0 Å². The van der Waals surface area contributed by atoms with Gasteiger partial charge in [0.15, 0.2) is 0 Å². The Hall–Kier alpha value is -0.360. The predicted octanol–water partition coefficient (Wildman–Crippen LogP) is 3.38. The lowest BCUT2D eigenvalue weighted by Crippen LogP contribution is -2.38. The fourth-order valence-electron chi connectivity index (χ4n) is 2.33. The van der Waals surface area contributed by atoms with Gasteiger partial charge in [-0.3, -0.25) is 0 Å². The smallest absolute Gasteiger partial charge is 0.123 e. The second-order valence-electron chi connectivity index (χ2n) is 4.60. The highest BCUT2D eigenvalue weighted by Gasteiger charge is 2.29. The molecule has 1 aromatic rings. The van der Waals surface area contributed by atoms with Crippen LogP contribution in [0.4, 0.5) is 10.1 Å². The van der Waals surface area contributed by atoms with Gasteiger partial charge in [0.25, 0.3) is 0 Å². The van der Waals surface area contributed by atoms with Gasteiger partial charge in [-0.15, -0.1) is 0 Å². The highest BCUT2D eigenvalue weighted by molar-refractivity contribution is 14.1. The van der Waals surface area contributed by atoms with Crippen LogP contribution < -0.4 is 10.4 Å². The van der Waals surface area contributed by atoms with Crippen LogP contribution in [0.15, 0.2) is 18.2 Å². The van der Waals surface area contributed by atoms with Crippen LogP contribution in [0.1, 0.15) is 28.9 Å². The zero-order valence-corrected chi connectivity index (χ0v) is 11.1. The predicted molar refractivity (Wildman–Crippen MR) is 71.0 cm³/mol. The summed E-state index contributed by atoms with van der Waals surface area (Å²) >= 11 is 2.31. The van der Waals surface area contributed by atoms with Crippen molar-refractivity contribution in [1.82, 2.24) is 5.43 Å². The normalized spacial score (nSPS) is 24.4. The molecule has 16 heavy (non-hydrogen) atoms. The average Bonchev–Trinajstić information content (AvgIpc) is 2.50. The number of benzene rings is 1. The topological polar surface area (TPSA) is 15.3 Å². The second kappa shape index (κ2) is 4.14. The Morgan fingerprint density at radius 2 is 2.25 bits per heavy atom. The zero-order valence-electron chi connectivity index (χ0n) is 8.92. The van der Waals surface area contributed by atoms with Gasteiger partial charge in [-0.25, -0.2) is 9.82 Å². The molecular weight excluding hydrogens is 318 g/mol. The van der Waals surface area contributed by atoms with Gasteiger partial charge in [-0.1, -0.05) is 29.0 Å². The van der Waals surface area contributed by atoms with Crippen molar-refractivity contribution in [2.24, 2.45) is 5.92 Å². The molecule has 0 amide bonds. The Morgan fingerprint density at radius 3 is 2.94 bits per heavy atom. The van der Waals surface area contributed by atoms with E-state index in [4.69, 9.17) is 0 Å². The number of nitrogens with one attached hydrogen (secondary N) is 1. The van der Waals surface area contributed by atoms with E-state index >= 15 is 0 Å². The second-order valence-corrected chi connectivity index (χ2v) is 5.85. The Labute approximate surface area is 108 Å². The number of nitrogens with zero attached hydrogens (tertiary/aromatic N) is 1. The molecule has 2 nitrogen and oxygen atoms in total. The largest absolute Gasteiger partial charge is 0.306 e. The molecule has 1 heterocycles. The first-order chi connectivity index (χ1) is 7.74. The number of alkyl halides is 1. The fourth-order valence-corrected chi connectivity index (χ4v) is 3.17. The molecule has 0 radical (unpaired) electrons. The molecule has 1 aromatic carbocycles. The van der Waals surface area contributed by atoms with Gasteiger partial charge in [0, 0.05) is 12.1 Å². The van der Waals surface area contributed by atoms with E-state index in [0.29, 0.717) is 0 Å². The summed E-state index contributed by atoms with van der Waals surface area (Å²) in [5, 5.41) is 2.19. The lowest BCUT2D eigenvalue weighted by Gasteiger charge is -2.31. The van der Waals surface area contributed by atoms with E-state index < -0.39 is 0 Å². The highest BCUT2D eigenvalue weighted by atomic mass is 127. The number of hydrogen-bond acceptors (Lipinski definition) is 2. The van der Waals surface area contributed by atoms with Crippen molar-refractivity contribution in [2.75, 3.05) is 11.6 Å². The van der Waals surface area contributed by atoms with Crippen LogP contribution >= 0.6 is 22.6 Å². The van der Waals surface area contributed by atoms with Crippen LogP contribution in [-0.2, 0) is 0 Å². The van der Waals surface area contributed by atoms with Crippen molar-refractivity contribution < 1.29 is 4.39 Å². The minimum atomic E-state index is -0.146. The maximum atomic E-state index is 13.2. The van der Waals surface area contributed by atoms with E-state index in [1.54, 1.807) is 12.1 Å². The summed E-state index contributed by atoms with van der Waals surface area (Å²) in [6.07, 6.45) is 4.03. The van der Waals surface area contributed by atoms with E-state index in [9.17, 15) is 4.39 Å². The standard InChI is InChI=1S/C12H14FIN2/c13-9-4-5-11-10(6-9)12(14)15-16(11)7-8-2-1-3-8/h4-6,8,12,15H,1-3,7H2. The van der Waals surface area contributed by atoms with Crippen LogP contribution in [-0.4, -0.2) is 6.54 Å². The Morgan fingerprint density at radius 1 is 1.44 bits per heavy atom. The number of fused-ring (bicyclic) bond motifs is 1. The summed E-state index contributed by atoms with van der Waals surface area (Å²) in [5.41, 5.74) is 5.61. The molecule has 0 bridgehead atoms. The van der Waals surface area contributed by atoms with Crippen LogP contribution in [0.5, 0.6) is 0 Å². The van der Waals surface area contributed by atoms with Gasteiger partial charge in [0.1, 0.15) is 9.87 Å². The lowest BCUT2D eigenvalue weighted by atomic mass is 9.85. The molecule has 1 fully saturated rings. The first-order valence-corrected chi connectivity index (χ1v) is 6.96. The number of halogens is 2. The third kappa shape index (κ3) is 1.82. The van der Waals surface area contributed by atoms with E-state index in [1.807, 2.05) is 6.07 Å². The van der Waals surface area contributed by atoms with Crippen molar-refractivity contribution in [3.05, 3.63) is 29.6 Å². The van der Waals surface area contributed by atoms with Crippen molar-refractivity contribution in [2.45, 2.75) is 23.3 Å². The summed E-state index contributed by atoms with van der Waals surface area (Å²) < 4.78 is 13.4. The van der Waals surface area contributed by atoms with E-state index in [0.717, 1.165) is 23.7 Å². The van der Waals surface area contributed by atoms with Gasteiger partial charge < -0.3 is 5.01 Å². The summed E-state index contributed by atoms with van der Waals surface area (Å²) in [5.74, 6) is 0.666. The number of rotatable bonds is 2. The van der Waals surface area contributed by atoms with Crippen LogP contribution in [0.3, 0.4) is 0 Å². The summed E-state index contributed by atoms with van der Waals surface area (Å²) in [7, 11) is 0. The SMILES string of the molecule is Fc1ccc2c(c1)C(I)NN2CC1CCC1. The van der Waals surface area contributed by atoms with Gasteiger partial charge >= 0.3 is 0 Å². The minimum Gasteiger partial charge on any atom is -0.306 e.